The van der Waals surface area contributed by atoms with E-state index in [4.69, 9.17) is 10.5 Å². The minimum absolute atomic E-state index is 0.171. The lowest BCUT2D eigenvalue weighted by Gasteiger charge is -2.31. The van der Waals surface area contributed by atoms with E-state index in [0.29, 0.717) is 24.2 Å². The van der Waals surface area contributed by atoms with Crippen LogP contribution in [0.1, 0.15) is 12.8 Å². The van der Waals surface area contributed by atoms with Crippen LogP contribution in [0.4, 0.5) is 5.69 Å². The number of hydrogen-bond donors (Lipinski definition) is 1. The number of hydrogen-bond acceptors (Lipinski definition) is 4. The molecular formula is C13H19BrN2O3S. The van der Waals surface area contributed by atoms with Gasteiger partial charge in [-0.25, -0.2) is 8.42 Å². The van der Waals surface area contributed by atoms with E-state index in [-0.39, 0.29) is 16.5 Å². The van der Waals surface area contributed by atoms with Crippen LogP contribution in [0.5, 0.6) is 0 Å². The standard InChI is InChI=1S/C13H19BrN2O3S/c1-19-9-10-3-2-6-16(8-10)20(17,18)13-7-11(14)4-5-12(13)15/h4-5,7,10H,2-3,6,8-9,15H2,1H3. The van der Waals surface area contributed by atoms with Gasteiger partial charge in [0.1, 0.15) is 4.90 Å². The van der Waals surface area contributed by atoms with Gasteiger partial charge < -0.3 is 10.5 Å². The van der Waals surface area contributed by atoms with Gasteiger partial charge in [0, 0.05) is 24.7 Å². The van der Waals surface area contributed by atoms with Crippen molar-refractivity contribution in [2.75, 3.05) is 32.5 Å². The first-order valence-corrected chi connectivity index (χ1v) is 8.72. The smallest absolute Gasteiger partial charge is 0.245 e. The molecule has 1 aliphatic rings. The van der Waals surface area contributed by atoms with Gasteiger partial charge in [-0.1, -0.05) is 15.9 Å². The molecule has 2 N–H and O–H groups in total. The lowest BCUT2D eigenvalue weighted by Crippen LogP contribution is -2.41. The van der Waals surface area contributed by atoms with E-state index >= 15 is 0 Å². The molecule has 20 heavy (non-hydrogen) atoms. The largest absolute Gasteiger partial charge is 0.398 e. The number of nitrogens with zero attached hydrogens (tertiary/aromatic N) is 1. The highest BCUT2D eigenvalue weighted by Gasteiger charge is 2.31. The van der Waals surface area contributed by atoms with Crippen molar-refractivity contribution >= 4 is 31.6 Å². The van der Waals surface area contributed by atoms with Crippen molar-refractivity contribution in [3.05, 3.63) is 22.7 Å². The molecule has 1 heterocycles. The number of benzene rings is 1. The number of anilines is 1. The van der Waals surface area contributed by atoms with E-state index in [1.54, 1.807) is 25.3 Å². The Morgan fingerprint density at radius 2 is 2.25 bits per heavy atom. The van der Waals surface area contributed by atoms with Crippen molar-refractivity contribution in [1.29, 1.82) is 0 Å². The van der Waals surface area contributed by atoms with Crippen LogP contribution in [0, 0.1) is 5.92 Å². The first kappa shape index (κ1) is 15.8. The molecule has 0 aromatic heterocycles. The minimum atomic E-state index is -3.54. The van der Waals surface area contributed by atoms with Gasteiger partial charge in [0.15, 0.2) is 0 Å². The molecule has 0 saturated carbocycles. The predicted molar refractivity (Wildman–Crippen MR) is 81.9 cm³/mol. The molecule has 0 radical (unpaired) electrons. The second-order valence-corrected chi connectivity index (χ2v) is 7.83. The van der Waals surface area contributed by atoms with E-state index in [0.717, 1.165) is 12.8 Å². The van der Waals surface area contributed by atoms with Crippen LogP contribution in [-0.4, -0.2) is 39.5 Å². The zero-order valence-electron chi connectivity index (χ0n) is 11.4. The fraction of sp³-hybridized carbons (Fsp3) is 0.538. The predicted octanol–water partition coefficient (Wildman–Crippen LogP) is 2.08. The van der Waals surface area contributed by atoms with Crippen molar-refractivity contribution in [3.8, 4) is 0 Å². The summed E-state index contributed by atoms with van der Waals surface area (Å²) in [6, 6.07) is 4.90. The van der Waals surface area contributed by atoms with Gasteiger partial charge in [-0.2, -0.15) is 4.31 Å². The molecular weight excluding hydrogens is 344 g/mol. The van der Waals surface area contributed by atoms with Crippen molar-refractivity contribution in [3.63, 3.8) is 0 Å². The molecule has 1 unspecified atom stereocenters. The molecule has 1 aromatic carbocycles. The van der Waals surface area contributed by atoms with E-state index in [9.17, 15) is 8.42 Å². The van der Waals surface area contributed by atoms with Crippen molar-refractivity contribution in [1.82, 2.24) is 4.31 Å². The highest BCUT2D eigenvalue weighted by molar-refractivity contribution is 9.10. The van der Waals surface area contributed by atoms with Gasteiger partial charge in [0.25, 0.3) is 0 Å². The second kappa shape index (κ2) is 6.43. The van der Waals surface area contributed by atoms with Crippen molar-refractivity contribution < 1.29 is 13.2 Å². The summed E-state index contributed by atoms with van der Waals surface area (Å²) in [5.41, 5.74) is 6.10. The third-order valence-corrected chi connectivity index (χ3v) is 5.89. The molecule has 0 aliphatic carbocycles. The molecule has 1 aliphatic heterocycles. The third kappa shape index (κ3) is 3.33. The van der Waals surface area contributed by atoms with Gasteiger partial charge in [0.2, 0.25) is 10.0 Å². The maximum absolute atomic E-state index is 12.7. The fourth-order valence-corrected chi connectivity index (χ4v) is 4.70. The van der Waals surface area contributed by atoms with E-state index in [1.165, 1.54) is 4.31 Å². The number of methoxy groups -OCH3 is 1. The van der Waals surface area contributed by atoms with Crippen LogP contribution >= 0.6 is 15.9 Å². The van der Waals surface area contributed by atoms with Gasteiger partial charge in [-0.15, -0.1) is 0 Å². The Morgan fingerprint density at radius 1 is 1.50 bits per heavy atom. The number of rotatable bonds is 4. The van der Waals surface area contributed by atoms with Crippen LogP contribution in [0.2, 0.25) is 0 Å². The molecule has 1 atom stereocenters. The summed E-state index contributed by atoms with van der Waals surface area (Å²) in [5, 5.41) is 0. The van der Waals surface area contributed by atoms with Crippen LogP contribution in [0.15, 0.2) is 27.6 Å². The van der Waals surface area contributed by atoms with Gasteiger partial charge in [-0.3, -0.25) is 0 Å². The normalized spacial score (nSPS) is 21.0. The number of piperidine rings is 1. The Balaban J connectivity index is 2.27. The number of nitrogen functional groups attached to an aromatic ring is 1. The summed E-state index contributed by atoms with van der Waals surface area (Å²) in [6.45, 7) is 1.61. The maximum Gasteiger partial charge on any atom is 0.245 e. The molecule has 0 bridgehead atoms. The molecule has 112 valence electrons. The number of ether oxygens (including phenoxy) is 1. The number of sulfonamides is 1. The zero-order valence-corrected chi connectivity index (χ0v) is 13.8. The fourth-order valence-electron chi connectivity index (χ4n) is 2.49. The minimum Gasteiger partial charge on any atom is -0.398 e. The first-order valence-electron chi connectivity index (χ1n) is 6.49. The summed E-state index contributed by atoms with van der Waals surface area (Å²) >= 11 is 3.29. The lowest BCUT2D eigenvalue weighted by atomic mass is 10.0. The summed E-state index contributed by atoms with van der Waals surface area (Å²) < 4.78 is 32.7. The molecule has 1 fully saturated rings. The average Bonchev–Trinajstić information content (AvgIpc) is 2.42. The Kier molecular flexibility index (Phi) is 5.06. The zero-order chi connectivity index (χ0) is 14.8. The Bertz CT molecular complexity index is 575. The highest BCUT2D eigenvalue weighted by Crippen LogP contribution is 2.29. The topological polar surface area (TPSA) is 72.6 Å². The van der Waals surface area contributed by atoms with Gasteiger partial charge in [-0.05, 0) is 37.0 Å². The highest BCUT2D eigenvalue weighted by atomic mass is 79.9. The SMILES string of the molecule is COCC1CCCN(S(=O)(=O)c2cc(Br)ccc2N)C1. The maximum atomic E-state index is 12.7. The summed E-state index contributed by atoms with van der Waals surface area (Å²) in [4.78, 5) is 0.171. The molecule has 1 aromatic rings. The Morgan fingerprint density at radius 3 is 2.95 bits per heavy atom. The number of halogens is 1. The summed E-state index contributed by atoms with van der Waals surface area (Å²) in [7, 11) is -1.91. The molecule has 2 rings (SSSR count). The first-order chi connectivity index (χ1) is 9.45. The van der Waals surface area contributed by atoms with Crippen molar-refractivity contribution in [2.24, 2.45) is 5.92 Å². The molecule has 0 amide bonds. The van der Waals surface area contributed by atoms with Gasteiger partial charge in [0.05, 0.1) is 12.3 Å². The van der Waals surface area contributed by atoms with Crippen LogP contribution in [0.3, 0.4) is 0 Å². The Hall–Kier alpha value is -0.630. The van der Waals surface area contributed by atoms with E-state index in [2.05, 4.69) is 15.9 Å². The summed E-state index contributed by atoms with van der Waals surface area (Å²) in [5.74, 6) is 0.247. The summed E-state index contributed by atoms with van der Waals surface area (Å²) in [6.07, 6.45) is 1.84. The molecule has 0 spiro atoms. The van der Waals surface area contributed by atoms with Crippen LogP contribution in [0.25, 0.3) is 0 Å². The number of nitrogens with two attached hydrogens (primary N) is 1. The second-order valence-electron chi connectivity index (χ2n) is 5.01. The molecule has 5 nitrogen and oxygen atoms in total. The third-order valence-electron chi connectivity index (χ3n) is 3.48. The quantitative estimate of drug-likeness (QED) is 0.832. The monoisotopic (exact) mass is 362 g/mol. The van der Waals surface area contributed by atoms with E-state index < -0.39 is 10.0 Å². The lowest BCUT2D eigenvalue weighted by molar-refractivity contribution is 0.118. The van der Waals surface area contributed by atoms with Crippen LogP contribution < -0.4 is 5.73 Å². The molecule has 7 heteroatoms. The molecule has 1 saturated heterocycles. The van der Waals surface area contributed by atoms with Crippen molar-refractivity contribution in [2.45, 2.75) is 17.7 Å². The Labute approximate surface area is 128 Å². The van der Waals surface area contributed by atoms with E-state index in [1.807, 2.05) is 0 Å². The van der Waals surface area contributed by atoms with Crippen LogP contribution in [-0.2, 0) is 14.8 Å². The van der Waals surface area contributed by atoms with Gasteiger partial charge >= 0.3 is 0 Å². The average molecular weight is 363 g/mol.